The van der Waals surface area contributed by atoms with Gasteiger partial charge >= 0.3 is 5.97 Å². The maximum Gasteiger partial charge on any atom is 0.339 e. The van der Waals surface area contributed by atoms with E-state index in [9.17, 15) is 20.0 Å². The number of benzene rings is 2. The number of nitrogens with zero attached hydrogens (tertiary/aromatic N) is 2. The van der Waals surface area contributed by atoms with Crippen molar-refractivity contribution in [2.75, 3.05) is 0 Å². The molecule has 24 heavy (non-hydrogen) atoms. The summed E-state index contributed by atoms with van der Waals surface area (Å²) in [6.45, 7) is 0. The van der Waals surface area contributed by atoms with Crippen LogP contribution in [0.4, 0.5) is 5.69 Å². The Kier molecular flexibility index (Phi) is 4.18. The average Bonchev–Trinajstić information content (AvgIpc) is 2.88. The monoisotopic (exact) mass is 346 g/mol. The number of carbonyl (C=O) groups is 1. The minimum atomic E-state index is -1.39. The number of aromatic hydroxyl groups is 1. The first-order valence-corrected chi connectivity index (χ1v) is 7.31. The third-order valence-electron chi connectivity index (χ3n) is 3.58. The van der Waals surface area contributed by atoms with Crippen LogP contribution in [-0.4, -0.2) is 28.3 Å². The van der Waals surface area contributed by atoms with Gasteiger partial charge < -0.3 is 9.84 Å². The molecule has 0 spiro atoms. The second-order valence-electron chi connectivity index (χ2n) is 5.10. The maximum atomic E-state index is 11.8. The lowest BCUT2D eigenvalue weighted by molar-refractivity contribution is -0.513. The number of ether oxygens (including phenoxy) is 1. The van der Waals surface area contributed by atoms with E-state index in [2.05, 4.69) is 4.99 Å². The molecule has 2 aromatic carbocycles. The van der Waals surface area contributed by atoms with Gasteiger partial charge in [0.2, 0.25) is 6.10 Å². The van der Waals surface area contributed by atoms with Crippen molar-refractivity contribution < 1.29 is 19.6 Å². The van der Waals surface area contributed by atoms with Gasteiger partial charge in [-0.1, -0.05) is 29.8 Å². The van der Waals surface area contributed by atoms with Crippen LogP contribution in [0, 0.1) is 10.1 Å². The van der Waals surface area contributed by atoms with Crippen LogP contribution in [0.5, 0.6) is 5.75 Å². The fourth-order valence-electron chi connectivity index (χ4n) is 2.43. The van der Waals surface area contributed by atoms with Gasteiger partial charge in [0.1, 0.15) is 11.4 Å². The van der Waals surface area contributed by atoms with Crippen LogP contribution in [0.3, 0.4) is 0 Å². The van der Waals surface area contributed by atoms with E-state index in [0.29, 0.717) is 16.1 Å². The molecule has 1 aliphatic heterocycles. The second-order valence-corrected chi connectivity index (χ2v) is 5.54. The Hall–Kier alpha value is -2.93. The molecule has 2 aromatic rings. The summed E-state index contributed by atoms with van der Waals surface area (Å²) in [5.74, 6) is -0.775. The minimum absolute atomic E-state index is 0.0898. The average molecular weight is 347 g/mol. The summed E-state index contributed by atoms with van der Waals surface area (Å²) in [6.07, 6.45) is -0.0420. The molecule has 0 aromatic heterocycles. The molecule has 0 saturated carbocycles. The molecule has 1 N–H and O–H groups in total. The summed E-state index contributed by atoms with van der Waals surface area (Å²) < 4.78 is 5.14. The van der Waals surface area contributed by atoms with E-state index in [1.165, 1.54) is 18.2 Å². The van der Waals surface area contributed by atoms with Crippen LogP contribution in [0.2, 0.25) is 5.02 Å². The third-order valence-corrected chi connectivity index (χ3v) is 3.81. The number of esters is 1. The van der Waals surface area contributed by atoms with E-state index in [4.69, 9.17) is 16.3 Å². The van der Waals surface area contributed by atoms with Gasteiger partial charge in [0.15, 0.2) is 0 Å². The van der Waals surface area contributed by atoms with E-state index in [0.717, 1.165) is 6.21 Å². The number of phenolic OH excluding ortho intramolecular Hbond substituents is 1. The Morgan fingerprint density at radius 3 is 2.83 bits per heavy atom. The normalized spacial score (nSPS) is 17.5. The summed E-state index contributed by atoms with van der Waals surface area (Å²) in [5.41, 5.74) is 0.825. The molecular formula is C16H11ClN2O5. The van der Waals surface area contributed by atoms with E-state index in [1.54, 1.807) is 24.3 Å². The zero-order valence-corrected chi connectivity index (χ0v) is 12.9. The highest BCUT2D eigenvalue weighted by Gasteiger charge is 2.42. The number of cyclic esters (lactones) is 1. The van der Waals surface area contributed by atoms with Gasteiger partial charge in [0.05, 0.1) is 11.8 Å². The molecule has 122 valence electrons. The van der Waals surface area contributed by atoms with Gasteiger partial charge in [-0.05, 0) is 24.3 Å². The van der Waals surface area contributed by atoms with Crippen LogP contribution in [0.15, 0.2) is 47.5 Å². The molecule has 0 radical (unpaired) electrons. The van der Waals surface area contributed by atoms with Gasteiger partial charge in [-0.3, -0.25) is 10.1 Å². The number of aliphatic imine (C=N–C) groups is 1. The van der Waals surface area contributed by atoms with Crippen molar-refractivity contribution in [3.63, 3.8) is 0 Å². The molecule has 8 heteroatoms. The summed E-state index contributed by atoms with van der Waals surface area (Å²) in [5, 5.41) is 21.5. The molecule has 0 amide bonds. The molecule has 3 rings (SSSR count). The number of rotatable bonds is 4. The molecule has 0 bridgehead atoms. The van der Waals surface area contributed by atoms with Gasteiger partial charge in [-0.25, -0.2) is 9.79 Å². The number of halogens is 1. The van der Waals surface area contributed by atoms with Crippen LogP contribution in [-0.2, 0) is 4.74 Å². The molecule has 0 fully saturated rings. The first kappa shape index (κ1) is 15.9. The predicted molar refractivity (Wildman–Crippen MR) is 86.6 cm³/mol. The lowest BCUT2D eigenvalue weighted by Crippen LogP contribution is -2.29. The summed E-state index contributed by atoms with van der Waals surface area (Å²) in [7, 11) is 0. The van der Waals surface area contributed by atoms with Crippen molar-refractivity contribution in [3.8, 4) is 5.75 Å². The minimum Gasteiger partial charge on any atom is -0.506 e. The molecule has 1 heterocycles. The highest BCUT2D eigenvalue weighted by Crippen LogP contribution is 2.34. The Morgan fingerprint density at radius 1 is 1.33 bits per heavy atom. The molecule has 0 saturated heterocycles. The van der Waals surface area contributed by atoms with Gasteiger partial charge in [0.25, 0.3) is 6.04 Å². The van der Waals surface area contributed by atoms with Crippen molar-refractivity contribution in [2.45, 2.75) is 12.1 Å². The van der Waals surface area contributed by atoms with E-state index in [-0.39, 0.29) is 11.4 Å². The quantitative estimate of drug-likeness (QED) is 0.396. The highest BCUT2D eigenvalue weighted by molar-refractivity contribution is 6.30. The summed E-state index contributed by atoms with van der Waals surface area (Å²) in [6, 6.07) is 9.26. The summed E-state index contributed by atoms with van der Waals surface area (Å²) in [4.78, 5) is 26.6. The molecule has 2 atom stereocenters. The first-order chi connectivity index (χ1) is 11.5. The number of hydrogen-bond donors (Lipinski definition) is 1. The van der Waals surface area contributed by atoms with Crippen LogP contribution < -0.4 is 0 Å². The zero-order chi connectivity index (χ0) is 17.3. The van der Waals surface area contributed by atoms with Crippen molar-refractivity contribution >= 4 is 29.5 Å². The standard InChI is InChI=1S/C16H11ClN2O5/c17-9-5-6-14(20)12(7-9)18-8-13(19(22)23)15-10-3-1-2-4-11(10)16(21)24-15/h1-8,13,15,20H. The SMILES string of the molecule is O=C1OC(C(C=Nc2cc(Cl)ccc2O)[N+](=O)[O-])c2ccccc21. The van der Waals surface area contributed by atoms with E-state index >= 15 is 0 Å². The molecule has 0 aliphatic carbocycles. The smallest absolute Gasteiger partial charge is 0.339 e. The highest BCUT2D eigenvalue weighted by atomic mass is 35.5. The van der Waals surface area contributed by atoms with Gasteiger partial charge in [0, 0.05) is 15.5 Å². The van der Waals surface area contributed by atoms with Crippen molar-refractivity contribution in [1.82, 2.24) is 0 Å². The number of nitro groups is 1. The number of hydrogen-bond acceptors (Lipinski definition) is 6. The van der Waals surface area contributed by atoms with Crippen molar-refractivity contribution in [2.24, 2.45) is 4.99 Å². The van der Waals surface area contributed by atoms with Crippen LogP contribution in [0.25, 0.3) is 0 Å². The molecule has 2 unspecified atom stereocenters. The lowest BCUT2D eigenvalue weighted by atomic mass is 10.0. The van der Waals surface area contributed by atoms with Gasteiger partial charge in [-0.2, -0.15) is 0 Å². The summed E-state index contributed by atoms with van der Waals surface area (Å²) >= 11 is 5.82. The number of phenols is 1. The first-order valence-electron chi connectivity index (χ1n) is 6.93. The van der Waals surface area contributed by atoms with Gasteiger partial charge in [-0.15, -0.1) is 0 Å². The topological polar surface area (TPSA) is 102 Å². The van der Waals surface area contributed by atoms with E-state index in [1.807, 2.05) is 0 Å². The second kappa shape index (κ2) is 6.29. The Balaban J connectivity index is 1.95. The Labute approximate surface area is 141 Å². The van der Waals surface area contributed by atoms with Crippen LogP contribution >= 0.6 is 11.6 Å². The largest absolute Gasteiger partial charge is 0.506 e. The van der Waals surface area contributed by atoms with Crippen molar-refractivity contribution in [1.29, 1.82) is 0 Å². The number of fused-ring (bicyclic) bond motifs is 1. The van der Waals surface area contributed by atoms with Crippen LogP contribution in [0.1, 0.15) is 22.0 Å². The Bertz CT molecular complexity index is 852. The predicted octanol–water partition coefficient (Wildman–Crippen LogP) is 3.30. The maximum absolute atomic E-state index is 11.8. The third kappa shape index (κ3) is 2.93. The Morgan fingerprint density at radius 2 is 2.08 bits per heavy atom. The zero-order valence-electron chi connectivity index (χ0n) is 12.1. The van der Waals surface area contributed by atoms with Crippen molar-refractivity contribution in [3.05, 3.63) is 68.7 Å². The fraction of sp³-hybridized carbons (Fsp3) is 0.125. The van der Waals surface area contributed by atoms with E-state index < -0.39 is 23.0 Å². The molecule has 7 nitrogen and oxygen atoms in total. The lowest BCUT2D eigenvalue weighted by Gasteiger charge is -2.12. The fourth-order valence-corrected chi connectivity index (χ4v) is 2.59. The molecular weight excluding hydrogens is 336 g/mol. The molecule has 1 aliphatic rings. The number of carbonyl (C=O) groups excluding carboxylic acids is 1.